The van der Waals surface area contributed by atoms with E-state index in [-0.39, 0.29) is 11.3 Å². The predicted molar refractivity (Wildman–Crippen MR) is 90.3 cm³/mol. The lowest BCUT2D eigenvalue weighted by atomic mass is 9.96. The van der Waals surface area contributed by atoms with Gasteiger partial charge in [0.05, 0.1) is 18.1 Å². The molecule has 0 fully saturated rings. The van der Waals surface area contributed by atoms with Crippen LogP contribution in [0.4, 0.5) is 5.69 Å². The molecule has 24 heavy (non-hydrogen) atoms. The number of hydrogen-bond donors (Lipinski definition) is 1. The van der Waals surface area contributed by atoms with Gasteiger partial charge in [-0.1, -0.05) is 32.9 Å². The Hall–Kier alpha value is -2.63. The van der Waals surface area contributed by atoms with Crippen LogP contribution in [0, 0.1) is 0 Å². The van der Waals surface area contributed by atoms with E-state index in [1.165, 1.54) is 0 Å². The van der Waals surface area contributed by atoms with Crippen molar-refractivity contribution in [3.63, 3.8) is 0 Å². The topological polar surface area (TPSA) is 73.3 Å². The standard InChI is InChI=1S/C18H21N3O3/c1-11-15(24-14-8-6-5-7-13(14)23-11)16(22)21-12-9-19-17(20-10-12)18(2,3)4/h5-11,15H,1-4H3,(H,21,22)/t11-,15+/m1/s1. The summed E-state index contributed by atoms with van der Waals surface area (Å²) in [6.07, 6.45) is 2.08. The first-order chi connectivity index (χ1) is 11.3. The number of hydrogen-bond acceptors (Lipinski definition) is 5. The molecule has 0 unspecified atom stereocenters. The van der Waals surface area contributed by atoms with Crippen molar-refractivity contribution < 1.29 is 14.3 Å². The summed E-state index contributed by atoms with van der Waals surface area (Å²) < 4.78 is 11.5. The average molecular weight is 327 g/mol. The van der Waals surface area contributed by atoms with E-state index in [1.807, 2.05) is 39.0 Å². The van der Waals surface area contributed by atoms with Gasteiger partial charge >= 0.3 is 0 Å². The molecule has 3 rings (SSSR count). The van der Waals surface area contributed by atoms with Crippen LogP contribution in [0.5, 0.6) is 11.5 Å². The van der Waals surface area contributed by atoms with Gasteiger partial charge in [0.2, 0.25) is 6.10 Å². The van der Waals surface area contributed by atoms with Crippen molar-refractivity contribution in [1.29, 1.82) is 0 Å². The fraction of sp³-hybridized carbons (Fsp3) is 0.389. The Morgan fingerprint density at radius 1 is 1.08 bits per heavy atom. The van der Waals surface area contributed by atoms with Gasteiger partial charge in [0.15, 0.2) is 11.5 Å². The van der Waals surface area contributed by atoms with Gasteiger partial charge in [0, 0.05) is 5.41 Å². The molecule has 1 aromatic heterocycles. The van der Waals surface area contributed by atoms with Gasteiger partial charge < -0.3 is 14.8 Å². The van der Waals surface area contributed by atoms with Gasteiger partial charge in [-0.3, -0.25) is 4.79 Å². The number of para-hydroxylation sites is 2. The van der Waals surface area contributed by atoms with Gasteiger partial charge in [-0.25, -0.2) is 9.97 Å². The molecule has 1 N–H and O–H groups in total. The van der Waals surface area contributed by atoms with Crippen LogP contribution in [0.25, 0.3) is 0 Å². The number of rotatable bonds is 2. The first-order valence-corrected chi connectivity index (χ1v) is 7.90. The van der Waals surface area contributed by atoms with Crippen molar-refractivity contribution in [2.45, 2.75) is 45.3 Å². The molecule has 1 aliphatic heterocycles. The van der Waals surface area contributed by atoms with Crippen LogP contribution in [0.3, 0.4) is 0 Å². The fourth-order valence-corrected chi connectivity index (χ4v) is 2.40. The van der Waals surface area contributed by atoms with Crippen LogP contribution in [0.2, 0.25) is 0 Å². The van der Waals surface area contributed by atoms with Crippen molar-refractivity contribution in [3.8, 4) is 11.5 Å². The van der Waals surface area contributed by atoms with Crippen molar-refractivity contribution in [2.75, 3.05) is 5.32 Å². The summed E-state index contributed by atoms with van der Waals surface area (Å²) in [5.41, 5.74) is 0.392. The van der Waals surface area contributed by atoms with E-state index in [0.717, 1.165) is 5.82 Å². The van der Waals surface area contributed by atoms with Gasteiger partial charge in [0.25, 0.3) is 5.91 Å². The lowest BCUT2D eigenvalue weighted by Gasteiger charge is -2.30. The first kappa shape index (κ1) is 16.2. The molecule has 2 aromatic rings. The largest absolute Gasteiger partial charge is 0.482 e. The van der Waals surface area contributed by atoms with Crippen LogP contribution in [-0.2, 0) is 10.2 Å². The number of nitrogens with one attached hydrogen (secondary N) is 1. The maximum atomic E-state index is 12.5. The molecular weight excluding hydrogens is 306 g/mol. The number of carbonyl (C=O) groups is 1. The summed E-state index contributed by atoms with van der Waals surface area (Å²) in [5.74, 6) is 1.64. The molecule has 0 saturated carbocycles. The highest BCUT2D eigenvalue weighted by atomic mass is 16.6. The Labute approximate surface area is 141 Å². The molecular formula is C18H21N3O3. The maximum Gasteiger partial charge on any atom is 0.269 e. The molecule has 0 saturated heterocycles. The number of aromatic nitrogens is 2. The Morgan fingerprint density at radius 3 is 2.25 bits per heavy atom. The number of fused-ring (bicyclic) bond motifs is 1. The summed E-state index contributed by atoms with van der Waals surface area (Å²) in [7, 11) is 0. The third-order valence-electron chi connectivity index (χ3n) is 3.69. The summed E-state index contributed by atoms with van der Waals surface area (Å²) in [4.78, 5) is 21.1. The van der Waals surface area contributed by atoms with Crippen molar-refractivity contribution in [2.24, 2.45) is 0 Å². The second-order valence-electron chi connectivity index (χ2n) is 6.84. The highest BCUT2D eigenvalue weighted by molar-refractivity contribution is 5.94. The van der Waals surface area contributed by atoms with E-state index in [0.29, 0.717) is 17.2 Å². The van der Waals surface area contributed by atoms with Gasteiger partial charge in [0.1, 0.15) is 11.9 Å². The number of benzene rings is 1. The van der Waals surface area contributed by atoms with E-state index in [4.69, 9.17) is 9.47 Å². The number of nitrogens with zero attached hydrogens (tertiary/aromatic N) is 2. The van der Waals surface area contributed by atoms with Gasteiger partial charge in [-0.05, 0) is 19.1 Å². The van der Waals surface area contributed by atoms with E-state index in [1.54, 1.807) is 25.4 Å². The zero-order chi connectivity index (χ0) is 17.3. The lowest BCUT2D eigenvalue weighted by molar-refractivity contribution is -0.128. The molecule has 0 bridgehead atoms. The number of amides is 1. The fourth-order valence-electron chi connectivity index (χ4n) is 2.40. The molecule has 1 aromatic carbocycles. The second-order valence-corrected chi connectivity index (χ2v) is 6.84. The maximum absolute atomic E-state index is 12.5. The molecule has 0 radical (unpaired) electrons. The minimum absolute atomic E-state index is 0.138. The van der Waals surface area contributed by atoms with E-state index in [9.17, 15) is 4.79 Å². The Kier molecular flexibility index (Phi) is 4.13. The molecule has 6 heteroatoms. The molecule has 1 aliphatic rings. The van der Waals surface area contributed by atoms with Crippen molar-refractivity contribution in [3.05, 3.63) is 42.5 Å². The Bertz CT molecular complexity index is 738. The van der Waals surface area contributed by atoms with Gasteiger partial charge in [-0.2, -0.15) is 0 Å². The monoisotopic (exact) mass is 327 g/mol. The zero-order valence-electron chi connectivity index (χ0n) is 14.2. The average Bonchev–Trinajstić information content (AvgIpc) is 2.53. The van der Waals surface area contributed by atoms with Gasteiger partial charge in [-0.15, -0.1) is 0 Å². The Morgan fingerprint density at radius 2 is 1.67 bits per heavy atom. The van der Waals surface area contributed by atoms with Crippen LogP contribution in [-0.4, -0.2) is 28.1 Å². The first-order valence-electron chi connectivity index (χ1n) is 7.90. The number of anilines is 1. The zero-order valence-corrected chi connectivity index (χ0v) is 14.2. The third kappa shape index (κ3) is 3.32. The Balaban J connectivity index is 1.71. The van der Waals surface area contributed by atoms with Crippen molar-refractivity contribution >= 4 is 11.6 Å². The van der Waals surface area contributed by atoms with Crippen LogP contribution < -0.4 is 14.8 Å². The van der Waals surface area contributed by atoms with E-state index in [2.05, 4.69) is 15.3 Å². The molecule has 6 nitrogen and oxygen atoms in total. The molecule has 0 aliphatic carbocycles. The van der Waals surface area contributed by atoms with Crippen LogP contribution >= 0.6 is 0 Å². The summed E-state index contributed by atoms with van der Waals surface area (Å²) in [6, 6.07) is 7.30. The third-order valence-corrected chi connectivity index (χ3v) is 3.69. The summed E-state index contributed by atoms with van der Waals surface area (Å²) >= 11 is 0. The summed E-state index contributed by atoms with van der Waals surface area (Å²) in [5, 5.41) is 2.78. The molecule has 2 atom stereocenters. The second kappa shape index (κ2) is 6.11. The molecule has 0 spiro atoms. The predicted octanol–water partition coefficient (Wildman–Crippen LogP) is 2.94. The minimum Gasteiger partial charge on any atom is -0.482 e. The SMILES string of the molecule is C[C@H]1Oc2ccccc2O[C@@H]1C(=O)Nc1cnc(C(C)(C)C)nc1. The van der Waals surface area contributed by atoms with Crippen molar-refractivity contribution in [1.82, 2.24) is 9.97 Å². The normalized spacial score (nSPS) is 19.7. The number of carbonyl (C=O) groups excluding carboxylic acids is 1. The van der Waals surface area contributed by atoms with Crippen LogP contribution in [0.1, 0.15) is 33.5 Å². The van der Waals surface area contributed by atoms with Crippen LogP contribution in [0.15, 0.2) is 36.7 Å². The minimum atomic E-state index is -0.734. The molecule has 1 amide bonds. The molecule has 2 heterocycles. The lowest BCUT2D eigenvalue weighted by Crippen LogP contribution is -2.46. The van der Waals surface area contributed by atoms with E-state index >= 15 is 0 Å². The smallest absolute Gasteiger partial charge is 0.269 e. The number of ether oxygens (including phenoxy) is 2. The quantitative estimate of drug-likeness (QED) is 0.918. The highest BCUT2D eigenvalue weighted by Crippen LogP contribution is 2.33. The molecule has 126 valence electrons. The highest BCUT2D eigenvalue weighted by Gasteiger charge is 2.34. The summed E-state index contributed by atoms with van der Waals surface area (Å²) in [6.45, 7) is 7.91. The van der Waals surface area contributed by atoms with E-state index < -0.39 is 12.2 Å².